The maximum atomic E-state index is 11.9. The number of hydrogen-bond donors (Lipinski definition) is 4. The average molecular weight is 306 g/mol. The molecule has 0 unspecified atom stereocenters. The standard InChI is InChI=1S/C12H13F3N2O4/c13-12(14,15)6-16-11(21)17-9(10(19)20)5-7-1-3-8(18)4-2-7/h1-4,9,18H,5-6H2,(H,19,20)(H2,16,17,21)/t9-/m0/s1. The monoisotopic (exact) mass is 306 g/mol. The molecule has 1 aromatic carbocycles. The van der Waals surface area contributed by atoms with E-state index in [0.717, 1.165) is 0 Å². The number of amides is 2. The van der Waals surface area contributed by atoms with Gasteiger partial charge in [0.2, 0.25) is 0 Å². The van der Waals surface area contributed by atoms with E-state index in [-0.39, 0.29) is 12.2 Å². The summed E-state index contributed by atoms with van der Waals surface area (Å²) in [5.74, 6) is -1.40. The SMILES string of the molecule is O=C(NCC(F)(F)F)N[C@@H](Cc1ccc(O)cc1)C(=O)O. The highest BCUT2D eigenvalue weighted by Gasteiger charge is 2.28. The molecule has 4 N–H and O–H groups in total. The smallest absolute Gasteiger partial charge is 0.405 e. The van der Waals surface area contributed by atoms with Crippen molar-refractivity contribution in [1.29, 1.82) is 0 Å². The van der Waals surface area contributed by atoms with Gasteiger partial charge in [-0.25, -0.2) is 9.59 Å². The molecule has 21 heavy (non-hydrogen) atoms. The molecule has 2 amide bonds. The van der Waals surface area contributed by atoms with Crippen molar-refractivity contribution in [2.75, 3.05) is 6.54 Å². The lowest BCUT2D eigenvalue weighted by Gasteiger charge is -2.16. The lowest BCUT2D eigenvalue weighted by Crippen LogP contribution is -2.49. The van der Waals surface area contributed by atoms with Gasteiger partial charge in [-0.3, -0.25) is 0 Å². The maximum absolute atomic E-state index is 11.9. The fourth-order valence-corrected chi connectivity index (χ4v) is 1.46. The van der Waals surface area contributed by atoms with Crippen LogP contribution in [0.3, 0.4) is 0 Å². The Balaban J connectivity index is 2.59. The van der Waals surface area contributed by atoms with Crippen molar-refractivity contribution in [3.8, 4) is 5.75 Å². The van der Waals surface area contributed by atoms with E-state index in [0.29, 0.717) is 5.56 Å². The molecule has 1 rings (SSSR count). The molecule has 0 bridgehead atoms. The average Bonchev–Trinajstić information content (AvgIpc) is 2.37. The zero-order valence-electron chi connectivity index (χ0n) is 10.6. The van der Waals surface area contributed by atoms with Crippen molar-refractivity contribution in [3.63, 3.8) is 0 Å². The third-order valence-corrected chi connectivity index (χ3v) is 2.43. The highest BCUT2D eigenvalue weighted by molar-refractivity contribution is 5.82. The molecule has 116 valence electrons. The van der Waals surface area contributed by atoms with Gasteiger partial charge in [-0.1, -0.05) is 12.1 Å². The predicted molar refractivity (Wildman–Crippen MR) is 65.8 cm³/mol. The second-order valence-corrected chi connectivity index (χ2v) is 4.20. The number of phenolic OH excluding ortho intramolecular Hbond substituents is 1. The minimum absolute atomic E-state index is 0.0125. The molecule has 9 heteroatoms. The molecular formula is C12H13F3N2O4. The van der Waals surface area contributed by atoms with Crippen molar-refractivity contribution < 1.29 is 33.0 Å². The Morgan fingerprint density at radius 2 is 1.76 bits per heavy atom. The van der Waals surface area contributed by atoms with Crippen LogP contribution in [0.5, 0.6) is 5.75 Å². The van der Waals surface area contributed by atoms with E-state index in [1.807, 2.05) is 5.32 Å². The molecule has 1 atom stereocenters. The number of aliphatic carboxylic acids is 1. The Morgan fingerprint density at radius 3 is 2.24 bits per heavy atom. The summed E-state index contributed by atoms with van der Waals surface area (Å²) in [5, 5.41) is 21.5. The van der Waals surface area contributed by atoms with Crippen LogP contribution in [0.15, 0.2) is 24.3 Å². The summed E-state index contributed by atoms with van der Waals surface area (Å²) >= 11 is 0. The highest BCUT2D eigenvalue weighted by atomic mass is 19.4. The summed E-state index contributed by atoms with van der Waals surface area (Å²) in [6.07, 6.45) is -4.71. The summed E-state index contributed by atoms with van der Waals surface area (Å²) in [5.41, 5.74) is 0.497. The van der Waals surface area contributed by atoms with Gasteiger partial charge < -0.3 is 20.8 Å². The van der Waals surface area contributed by atoms with Crippen LogP contribution in [-0.2, 0) is 11.2 Å². The fourth-order valence-electron chi connectivity index (χ4n) is 1.46. The largest absolute Gasteiger partial charge is 0.508 e. The van der Waals surface area contributed by atoms with Gasteiger partial charge in [-0.2, -0.15) is 13.2 Å². The predicted octanol–water partition coefficient (Wildman–Crippen LogP) is 1.25. The molecule has 0 heterocycles. The Bertz CT molecular complexity index is 502. The number of carboxylic acids is 1. The third-order valence-electron chi connectivity index (χ3n) is 2.43. The molecule has 0 spiro atoms. The first-order valence-electron chi connectivity index (χ1n) is 5.79. The van der Waals surface area contributed by atoms with Gasteiger partial charge in [-0.15, -0.1) is 0 Å². The van der Waals surface area contributed by atoms with Gasteiger partial charge in [0, 0.05) is 6.42 Å². The summed E-state index contributed by atoms with van der Waals surface area (Å²) in [4.78, 5) is 22.2. The minimum atomic E-state index is -4.58. The number of hydrogen-bond acceptors (Lipinski definition) is 3. The van der Waals surface area contributed by atoms with Gasteiger partial charge in [0.25, 0.3) is 0 Å². The molecule has 0 saturated carbocycles. The number of carbonyl (C=O) groups excluding carboxylic acids is 1. The van der Waals surface area contributed by atoms with Gasteiger partial charge >= 0.3 is 18.2 Å². The fraction of sp³-hybridized carbons (Fsp3) is 0.333. The number of nitrogens with one attached hydrogen (secondary N) is 2. The zero-order valence-corrected chi connectivity index (χ0v) is 10.6. The van der Waals surface area contributed by atoms with E-state index in [1.165, 1.54) is 29.6 Å². The molecule has 0 aliphatic carbocycles. The number of phenols is 1. The molecule has 1 aromatic rings. The van der Waals surface area contributed by atoms with Crippen LogP contribution in [0.1, 0.15) is 5.56 Å². The maximum Gasteiger partial charge on any atom is 0.405 e. The third kappa shape index (κ3) is 6.50. The van der Waals surface area contributed by atoms with Crippen molar-refractivity contribution in [2.45, 2.75) is 18.6 Å². The van der Waals surface area contributed by atoms with E-state index >= 15 is 0 Å². The zero-order chi connectivity index (χ0) is 16.0. The molecule has 0 aliphatic rings. The van der Waals surface area contributed by atoms with E-state index in [9.17, 15) is 22.8 Å². The second kappa shape index (κ2) is 6.82. The number of alkyl halides is 3. The first-order chi connectivity index (χ1) is 9.67. The van der Waals surface area contributed by atoms with Gasteiger partial charge in [0.05, 0.1) is 0 Å². The van der Waals surface area contributed by atoms with Crippen LogP contribution in [0.25, 0.3) is 0 Å². The first kappa shape index (κ1) is 16.6. The lowest BCUT2D eigenvalue weighted by molar-refractivity contribution is -0.139. The normalized spacial score (nSPS) is 12.5. The van der Waals surface area contributed by atoms with Crippen molar-refractivity contribution >= 4 is 12.0 Å². The van der Waals surface area contributed by atoms with Gasteiger partial charge in [-0.05, 0) is 17.7 Å². The van der Waals surface area contributed by atoms with Crippen LogP contribution in [-0.4, -0.2) is 41.0 Å². The van der Waals surface area contributed by atoms with E-state index in [4.69, 9.17) is 10.2 Å². The molecular weight excluding hydrogens is 293 g/mol. The molecule has 0 aliphatic heterocycles. The van der Waals surface area contributed by atoms with Crippen molar-refractivity contribution in [2.24, 2.45) is 0 Å². The van der Waals surface area contributed by atoms with Crippen LogP contribution in [0, 0.1) is 0 Å². The van der Waals surface area contributed by atoms with Gasteiger partial charge in [0.1, 0.15) is 18.3 Å². The minimum Gasteiger partial charge on any atom is -0.508 e. The lowest BCUT2D eigenvalue weighted by atomic mass is 10.1. The number of halogens is 3. The van der Waals surface area contributed by atoms with Crippen LogP contribution >= 0.6 is 0 Å². The Labute approximate surface area is 117 Å². The Kier molecular flexibility index (Phi) is 5.39. The topological polar surface area (TPSA) is 98.7 Å². The van der Waals surface area contributed by atoms with Crippen molar-refractivity contribution in [3.05, 3.63) is 29.8 Å². The number of carbonyl (C=O) groups is 2. The molecule has 0 aromatic heterocycles. The molecule has 6 nitrogen and oxygen atoms in total. The molecule has 0 radical (unpaired) electrons. The number of carboxylic acid groups (broad SMARTS) is 1. The Morgan fingerprint density at radius 1 is 1.19 bits per heavy atom. The number of benzene rings is 1. The molecule has 0 saturated heterocycles. The number of aromatic hydroxyl groups is 1. The summed E-state index contributed by atoms with van der Waals surface area (Å²) in [7, 11) is 0. The summed E-state index contributed by atoms with van der Waals surface area (Å²) < 4.78 is 35.7. The van der Waals surface area contributed by atoms with Gasteiger partial charge in [0.15, 0.2) is 0 Å². The van der Waals surface area contributed by atoms with E-state index < -0.39 is 30.8 Å². The van der Waals surface area contributed by atoms with Crippen LogP contribution < -0.4 is 10.6 Å². The molecule has 0 fully saturated rings. The number of urea groups is 1. The highest BCUT2D eigenvalue weighted by Crippen LogP contribution is 2.13. The number of rotatable bonds is 5. The van der Waals surface area contributed by atoms with Crippen LogP contribution in [0.2, 0.25) is 0 Å². The Hall–Kier alpha value is -2.45. The summed E-state index contributed by atoms with van der Waals surface area (Å²) in [6.45, 7) is -1.55. The van der Waals surface area contributed by atoms with E-state index in [1.54, 1.807) is 0 Å². The van der Waals surface area contributed by atoms with Crippen molar-refractivity contribution in [1.82, 2.24) is 10.6 Å². The van der Waals surface area contributed by atoms with Crippen LogP contribution in [0.4, 0.5) is 18.0 Å². The summed E-state index contributed by atoms with van der Waals surface area (Å²) in [6, 6.07) is 2.94. The first-order valence-corrected chi connectivity index (χ1v) is 5.79. The quantitative estimate of drug-likeness (QED) is 0.658. The van der Waals surface area contributed by atoms with E-state index in [2.05, 4.69) is 0 Å². The second-order valence-electron chi connectivity index (χ2n) is 4.20.